The molecule has 3 aliphatic carbocycles. The van der Waals surface area contributed by atoms with Crippen molar-refractivity contribution in [3.8, 4) is 66.8 Å². The second-order valence-corrected chi connectivity index (χ2v) is 32.0. The molecule has 0 saturated heterocycles. The zero-order valence-electron chi connectivity index (χ0n) is 61.8. The van der Waals surface area contributed by atoms with Crippen molar-refractivity contribution in [3.05, 3.63) is 366 Å². The standard InChI is InChI=1S/C36H23NO.2C35H24O/c1-36(2)31-14-12-24(18-28(31)29-20-25(37-3)13-15-32(29)36)27-17-23-10-6-7-11-26(23)34-30-16-21-8-4-5-9-22(21)19-33(30)38-35(27)34;1-35(2)29-16-8-7-14-26(29)32-25(15-9-17-30(32)35)27-19-23-12-5-6-13-24(23)33-28-18-21-10-3-4-11-22(21)20-31(28)36-34(27)33;1-35(2)30-14-8-7-13-26(30)28-19-24(15-16-31(28)35)27-18-23-11-5-6-12-25(23)33-29-17-21-9-3-4-10-22(21)20-32(29)36-34(27)33/h4-20H,1-2H3;2*3-20H,1-2H3. The first kappa shape index (κ1) is 63.7. The first-order valence-electron chi connectivity index (χ1n) is 38.2. The maximum atomic E-state index is 7.55. The first-order chi connectivity index (χ1) is 53.7. The lowest BCUT2D eigenvalue weighted by Gasteiger charge is -2.21. The Kier molecular flexibility index (Phi) is 13.6. The van der Waals surface area contributed by atoms with Crippen molar-refractivity contribution in [2.75, 3.05) is 0 Å². The van der Waals surface area contributed by atoms with Crippen LogP contribution in [0.1, 0.15) is 74.9 Å². The molecular weight excluding hydrogens is 1340 g/mol. The predicted molar refractivity (Wildman–Crippen MR) is 461 cm³/mol. The maximum Gasteiger partial charge on any atom is 0.187 e. The number of rotatable bonds is 3. The molecule has 518 valence electrons. The predicted octanol–water partition coefficient (Wildman–Crippen LogP) is 30.1. The van der Waals surface area contributed by atoms with Gasteiger partial charge in [0.15, 0.2) is 5.69 Å². The molecule has 18 aromatic carbocycles. The molecule has 0 spiro atoms. The van der Waals surface area contributed by atoms with Gasteiger partial charge in [0.25, 0.3) is 0 Å². The largest absolute Gasteiger partial charge is 0.455 e. The molecule has 0 fully saturated rings. The van der Waals surface area contributed by atoms with E-state index in [1.807, 2.05) is 12.1 Å². The average Bonchev–Trinajstić information content (AvgIpc) is 1.56. The van der Waals surface area contributed by atoms with Gasteiger partial charge in [-0.05, 0) is 221 Å². The van der Waals surface area contributed by atoms with E-state index in [0.29, 0.717) is 5.69 Å². The van der Waals surface area contributed by atoms with Crippen molar-refractivity contribution < 1.29 is 13.3 Å². The second kappa shape index (κ2) is 23.5. The molecule has 110 heavy (non-hydrogen) atoms. The van der Waals surface area contributed by atoms with Gasteiger partial charge in [0.1, 0.15) is 33.5 Å². The summed E-state index contributed by atoms with van der Waals surface area (Å²) in [5.74, 6) is 0. The summed E-state index contributed by atoms with van der Waals surface area (Å²) in [6.45, 7) is 21.4. The summed E-state index contributed by atoms with van der Waals surface area (Å²) in [7, 11) is 0. The van der Waals surface area contributed by atoms with Crippen molar-refractivity contribution in [3.63, 3.8) is 0 Å². The van der Waals surface area contributed by atoms with Gasteiger partial charge >= 0.3 is 0 Å². The molecule has 3 aromatic heterocycles. The van der Waals surface area contributed by atoms with Gasteiger partial charge < -0.3 is 13.3 Å². The summed E-state index contributed by atoms with van der Waals surface area (Å²) >= 11 is 0. The Morgan fingerprint density at radius 2 is 0.545 bits per heavy atom. The highest BCUT2D eigenvalue weighted by atomic mass is 16.3. The van der Waals surface area contributed by atoms with Gasteiger partial charge in [-0.15, -0.1) is 0 Å². The fourth-order valence-electron chi connectivity index (χ4n) is 19.4. The van der Waals surface area contributed by atoms with Crippen LogP contribution in [0, 0.1) is 6.57 Å². The number of hydrogen-bond donors (Lipinski definition) is 0. The molecule has 3 aliphatic rings. The molecule has 0 atom stereocenters. The fourth-order valence-corrected chi connectivity index (χ4v) is 19.4. The van der Waals surface area contributed by atoms with Crippen molar-refractivity contribution in [1.82, 2.24) is 0 Å². The van der Waals surface area contributed by atoms with Crippen LogP contribution < -0.4 is 0 Å². The van der Waals surface area contributed by atoms with Gasteiger partial charge in [-0.2, -0.15) is 0 Å². The first-order valence-corrected chi connectivity index (χ1v) is 38.2. The van der Waals surface area contributed by atoms with Crippen LogP contribution in [0.5, 0.6) is 0 Å². The van der Waals surface area contributed by atoms with E-state index in [9.17, 15) is 0 Å². The Morgan fingerprint density at radius 1 is 0.227 bits per heavy atom. The highest BCUT2D eigenvalue weighted by molar-refractivity contribution is 6.27. The molecule has 0 radical (unpaired) electrons. The second-order valence-electron chi connectivity index (χ2n) is 32.0. The van der Waals surface area contributed by atoms with Crippen LogP contribution in [-0.4, -0.2) is 0 Å². The van der Waals surface area contributed by atoms with E-state index >= 15 is 0 Å². The zero-order valence-corrected chi connectivity index (χ0v) is 61.8. The molecule has 0 unspecified atom stereocenters. The fraction of sp³-hybridized carbons (Fsp3) is 0.0849. The van der Waals surface area contributed by atoms with Gasteiger partial charge in [0, 0.05) is 65.3 Å². The number of hydrogen-bond acceptors (Lipinski definition) is 3. The maximum absolute atomic E-state index is 7.55. The molecule has 0 amide bonds. The Morgan fingerprint density at radius 3 is 1.00 bits per heavy atom. The van der Waals surface area contributed by atoms with Crippen molar-refractivity contribution in [1.29, 1.82) is 0 Å². The average molecular weight is 1410 g/mol. The smallest absolute Gasteiger partial charge is 0.187 e. The Bertz CT molecular complexity index is 7650. The van der Waals surface area contributed by atoms with Crippen LogP contribution in [0.3, 0.4) is 0 Å². The van der Waals surface area contributed by atoms with Crippen molar-refractivity contribution >= 4 is 136 Å². The third kappa shape index (κ3) is 9.31. The molecule has 4 nitrogen and oxygen atoms in total. The van der Waals surface area contributed by atoms with Gasteiger partial charge in [-0.25, -0.2) is 4.85 Å². The molecule has 24 rings (SSSR count). The molecule has 0 N–H and O–H groups in total. The van der Waals surface area contributed by atoms with Gasteiger partial charge in [-0.3, -0.25) is 0 Å². The third-order valence-electron chi connectivity index (χ3n) is 24.9. The third-order valence-corrected chi connectivity index (χ3v) is 24.9. The lowest BCUT2D eigenvalue weighted by Crippen LogP contribution is -2.14. The van der Waals surface area contributed by atoms with Gasteiger partial charge in [0.2, 0.25) is 0 Å². The van der Waals surface area contributed by atoms with E-state index in [1.165, 1.54) is 159 Å². The Balaban J connectivity index is 0.000000102. The minimum atomic E-state index is -0.109. The lowest BCUT2D eigenvalue weighted by molar-refractivity contribution is 0.660. The van der Waals surface area contributed by atoms with E-state index in [2.05, 4.69) is 356 Å². The summed E-state index contributed by atoms with van der Waals surface area (Å²) in [5.41, 5.74) is 29.0. The summed E-state index contributed by atoms with van der Waals surface area (Å²) in [4.78, 5) is 3.71. The van der Waals surface area contributed by atoms with E-state index in [-0.39, 0.29) is 16.2 Å². The van der Waals surface area contributed by atoms with Crippen LogP contribution in [-0.2, 0) is 16.2 Å². The van der Waals surface area contributed by atoms with E-state index in [0.717, 1.165) is 72.1 Å². The quantitative estimate of drug-likeness (QED) is 0.166. The molecular formula is C106H71NO3. The topological polar surface area (TPSA) is 43.8 Å². The summed E-state index contributed by atoms with van der Waals surface area (Å²) in [5, 5.41) is 21.7. The monoisotopic (exact) mass is 1410 g/mol. The molecule has 0 bridgehead atoms. The van der Waals surface area contributed by atoms with Crippen LogP contribution in [0.25, 0.3) is 202 Å². The van der Waals surface area contributed by atoms with Crippen LogP contribution in [0.2, 0.25) is 0 Å². The van der Waals surface area contributed by atoms with Crippen LogP contribution >= 0.6 is 0 Å². The molecule has 0 saturated carbocycles. The normalized spacial score (nSPS) is 13.9. The zero-order chi connectivity index (χ0) is 73.6. The van der Waals surface area contributed by atoms with Crippen molar-refractivity contribution in [2.24, 2.45) is 0 Å². The van der Waals surface area contributed by atoms with Crippen LogP contribution in [0.15, 0.2) is 335 Å². The molecule has 3 heterocycles. The lowest BCUT2D eigenvalue weighted by atomic mass is 9.82. The number of furan rings is 3. The van der Waals surface area contributed by atoms with Crippen LogP contribution in [0.4, 0.5) is 5.69 Å². The summed E-state index contributed by atoms with van der Waals surface area (Å²) in [6.07, 6.45) is 0. The van der Waals surface area contributed by atoms with E-state index in [4.69, 9.17) is 19.8 Å². The van der Waals surface area contributed by atoms with E-state index < -0.39 is 0 Å². The van der Waals surface area contributed by atoms with Gasteiger partial charge in [0.05, 0.1) is 6.57 Å². The van der Waals surface area contributed by atoms with E-state index in [1.54, 1.807) is 0 Å². The molecule has 0 aliphatic heterocycles. The Labute approximate surface area is 636 Å². The number of benzene rings is 18. The number of fused-ring (bicyclic) bond motifs is 27. The molecule has 4 heteroatoms. The summed E-state index contributed by atoms with van der Waals surface area (Å²) in [6, 6.07) is 116. The van der Waals surface area contributed by atoms with Crippen molar-refractivity contribution in [2.45, 2.75) is 57.8 Å². The highest BCUT2D eigenvalue weighted by Gasteiger charge is 2.39. The minimum Gasteiger partial charge on any atom is -0.455 e. The Hall–Kier alpha value is -13.6. The highest BCUT2D eigenvalue weighted by Crippen LogP contribution is 2.57. The molecule has 21 aromatic rings. The SMILES string of the molecule is CC1(C)c2ccccc2-c2c(-c3cc4ccccc4c4c3oc3cc5ccccc5cc34)cccc21.CC1(C)c2ccccc2-c2cc(-c3cc4ccccc4c4c3oc3cc5ccccc5cc34)ccc21.[C-]#[N+]c1ccc2c(c1)-c1cc(-c3cc4ccccc4c4c3oc3cc5ccccc5cc34)ccc1C2(C)C. The van der Waals surface area contributed by atoms with Gasteiger partial charge in [-0.1, -0.05) is 290 Å². The number of nitrogens with zero attached hydrogens (tertiary/aromatic N) is 1. The summed E-state index contributed by atoms with van der Waals surface area (Å²) < 4.78 is 20.1. The minimum absolute atomic E-state index is 0.00261.